The number of benzene rings is 1. The summed E-state index contributed by atoms with van der Waals surface area (Å²) in [6.07, 6.45) is 0.535. The Morgan fingerprint density at radius 2 is 2.04 bits per heavy atom. The molecule has 1 unspecified atom stereocenters. The second kappa shape index (κ2) is 7.28. The Morgan fingerprint density at radius 3 is 2.73 bits per heavy atom. The summed E-state index contributed by atoms with van der Waals surface area (Å²) in [5.41, 5.74) is 1.66. The van der Waals surface area contributed by atoms with Crippen molar-refractivity contribution >= 4 is 33.3 Å². The van der Waals surface area contributed by atoms with E-state index in [0.29, 0.717) is 35.1 Å². The molecule has 1 aromatic heterocycles. The van der Waals surface area contributed by atoms with Crippen molar-refractivity contribution in [2.45, 2.75) is 19.4 Å². The van der Waals surface area contributed by atoms with Crippen LogP contribution in [0.1, 0.15) is 22.5 Å². The van der Waals surface area contributed by atoms with E-state index < -0.39 is 15.8 Å². The number of hydrogen-bond donors (Lipinski definition) is 2. The average Bonchev–Trinajstić information content (AvgIpc) is 2.92. The number of carbonyl (C=O) groups excluding carboxylic acids is 1. The average molecular weight is 376 g/mol. The molecule has 3 rings (SSSR count). The number of aromatic nitrogens is 2. The predicted octanol–water partition coefficient (Wildman–Crippen LogP) is 1.91. The summed E-state index contributed by atoms with van der Waals surface area (Å²) in [6, 6.07) is 8.49. The molecule has 2 N–H and O–H groups in total. The number of nitrogens with zero attached hydrogens (tertiary/aromatic N) is 2. The van der Waals surface area contributed by atoms with Gasteiger partial charge in [-0.25, -0.2) is 18.2 Å². The molecule has 2 aromatic rings. The van der Waals surface area contributed by atoms with E-state index in [9.17, 15) is 13.2 Å². The molecule has 0 amide bonds. The van der Waals surface area contributed by atoms with Gasteiger partial charge in [0.15, 0.2) is 9.84 Å². The van der Waals surface area contributed by atoms with Crippen LogP contribution in [0.25, 0.3) is 0 Å². The number of rotatable bonds is 5. The van der Waals surface area contributed by atoms with Crippen molar-refractivity contribution in [1.29, 1.82) is 0 Å². The third kappa shape index (κ3) is 4.29. The van der Waals surface area contributed by atoms with Crippen LogP contribution < -0.4 is 10.6 Å². The molecule has 0 spiro atoms. The molecular weight excluding hydrogens is 356 g/mol. The van der Waals surface area contributed by atoms with Gasteiger partial charge < -0.3 is 15.4 Å². The number of para-hydroxylation sites is 1. The molecule has 1 aliphatic rings. The van der Waals surface area contributed by atoms with Gasteiger partial charge in [0.2, 0.25) is 5.95 Å². The molecule has 1 aromatic carbocycles. The molecule has 8 nitrogen and oxygen atoms in total. The molecule has 1 fully saturated rings. The van der Waals surface area contributed by atoms with Crippen LogP contribution in [-0.2, 0) is 14.6 Å². The lowest BCUT2D eigenvalue weighted by molar-refractivity contribution is 0.0602. The van der Waals surface area contributed by atoms with Crippen molar-refractivity contribution in [2.75, 3.05) is 29.2 Å². The zero-order valence-electron chi connectivity index (χ0n) is 14.5. The van der Waals surface area contributed by atoms with Gasteiger partial charge in [0.05, 0.1) is 29.9 Å². The van der Waals surface area contributed by atoms with Gasteiger partial charge in [0, 0.05) is 17.8 Å². The highest BCUT2D eigenvalue weighted by molar-refractivity contribution is 7.91. The molecule has 0 saturated carbocycles. The fraction of sp³-hybridized carbons (Fsp3) is 0.353. The first-order valence-electron chi connectivity index (χ1n) is 8.13. The third-order valence-electron chi connectivity index (χ3n) is 4.01. The first-order valence-corrected chi connectivity index (χ1v) is 9.95. The molecule has 9 heteroatoms. The number of ether oxygens (including phenoxy) is 1. The molecule has 0 radical (unpaired) electrons. The monoisotopic (exact) mass is 376 g/mol. The van der Waals surface area contributed by atoms with Gasteiger partial charge in [0.25, 0.3) is 0 Å². The first-order chi connectivity index (χ1) is 12.4. The topological polar surface area (TPSA) is 110 Å². The lowest BCUT2D eigenvalue weighted by atomic mass is 10.2. The van der Waals surface area contributed by atoms with Gasteiger partial charge in [-0.05, 0) is 25.5 Å². The minimum absolute atomic E-state index is 0.0816. The zero-order chi connectivity index (χ0) is 18.7. The summed E-state index contributed by atoms with van der Waals surface area (Å²) in [7, 11) is -1.66. The number of nitrogens with one attached hydrogen (secondary N) is 2. The van der Waals surface area contributed by atoms with Gasteiger partial charge in [0.1, 0.15) is 5.82 Å². The van der Waals surface area contributed by atoms with Gasteiger partial charge in [-0.15, -0.1) is 0 Å². The van der Waals surface area contributed by atoms with Crippen molar-refractivity contribution in [1.82, 2.24) is 9.97 Å². The number of methoxy groups -OCH3 is 1. The molecule has 1 saturated heterocycles. The summed E-state index contributed by atoms with van der Waals surface area (Å²) in [6.45, 7) is 1.82. The lowest BCUT2D eigenvalue weighted by Gasteiger charge is -2.14. The molecular formula is C17H20N4O4S. The Balaban J connectivity index is 1.82. The molecule has 138 valence electrons. The van der Waals surface area contributed by atoms with Crippen molar-refractivity contribution in [3.05, 3.63) is 41.6 Å². The highest BCUT2D eigenvalue weighted by Crippen LogP contribution is 2.22. The van der Waals surface area contributed by atoms with E-state index in [1.165, 1.54) is 7.11 Å². The normalized spacial score (nSPS) is 18.3. The molecule has 1 aliphatic heterocycles. The molecule has 26 heavy (non-hydrogen) atoms. The summed E-state index contributed by atoms with van der Waals surface area (Å²) in [5.74, 6) is 0.655. The minimum atomic E-state index is -2.99. The van der Waals surface area contributed by atoms with E-state index in [1.54, 1.807) is 30.3 Å². The Kier molecular flexibility index (Phi) is 5.08. The predicted molar refractivity (Wildman–Crippen MR) is 98.5 cm³/mol. The third-order valence-corrected chi connectivity index (χ3v) is 5.78. The minimum Gasteiger partial charge on any atom is -0.465 e. The first kappa shape index (κ1) is 18.1. The molecule has 0 bridgehead atoms. The van der Waals surface area contributed by atoms with E-state index in [1.807, 2.05) is 6.92 Å². The summed E-state index contributed by atoms with van der Waals surface area (Å²) in [5, 5.41) is 6.18. The van der Waals surface area contributed by atoms with E-state index >= 15 is 0 Å². The number of sulfone groups is 1. The van der Waals surface area contributed by atoms with Crippen molar-refractivity contribution in [3.8, 4) is 0 Å². The van der Waals surface area contributed by atoms with Crippen LogP contribution in [0, 0.1) is 6.92 Å². The molecule has 0 aliphatic carbocycles. The number of carbonyl (C=O) groups is 1. The number of aryl methyl sites for hydroxylation is 1. The second-order valence-electron chi connectivity index (χ2n) is 6.12. The van der Waals surface area contributed by atoms with Crippen LogP contribution in [0.2, 0.25) is 0 Å². The van der Waals surface area contributed by atoms with Gasteiger partial charge in [-0.1, -0.05) is 12.1 Å². The number of hydrogen-bond acceptors (Lipinski definition) is 8. The highest BCUT2D eigenvalue weighted by atomic mass is 32.2. The Labute approximate surface area is 151 Å². The largest absolute Gasteiger partial charge is 0.465 e. The number of esters is 1. The maximum atomic E-state index is 11.9. The maximum Gasteiger partial charge on any atom is 0.339 e. The van der Waals surface area contributed by atoms with E-state index in [4.69, 9.17) is 4.74 Å². The van der Waals surface area contributed by atoms with Crippen LogP contribution in [-0.4, -0.2) is 49.0 Å². The van der Waals surface area contributed by atoms with Gasteiger partial charge >= 0.3 is 5.97 Å². The van der Waals surface area contributed by atoms with Crippen molar-refractivity contribution in [2.24, 2.45) is 0 Å². The number of anilines is 3. The van der Waals surface area contributed by atoms with E-state index in [0.717, 1.165) is 0 Å². The maximum absolute atomic E-state index is 11.9. The Morgan fingerprint density at radius 1 is 1.27 bits per heavy atom. The standard InChI is InChI=1S/C17H20N4O4S/c1-11-9-15(20-14-6-4-3-5-13(14)16(22)25-2)21-17(18-11)19-12-7-8-26(23,24)10-12/h3-6,9,12H,7-8,10H2,1-2H3,(H2,18,19,20,21). The quantitative estimate of drug-likeness (QED) is 0.762. The van der Waals surface area contributed by atoms with Crippen LogP contribution in [0.3, 0.4) is 0 Å². The van der Waals surface area contributed by atoms with E-state index in [2.05, 4.69) is 20.6 Å². The van der Waals surface area contributed by atoms with Crippen LogP contribution >= 0.6 is 0 Å². The van der Waals surface area contributed by atoms with Crippen LogP contribution in [0.15, 0.2) is 30.3 Å². The summed E-state index contributed by atoms with van der Waals surface area (Å²) >= 11 is 0. The van der Waals surface area contributed by atoms with E-state index in [-0.39, 0.29) is 17.5 Å². The summed E-state index contributed by atoms with van der Waals surface area (Å²) in [4.78, 5) is 20.6. The fourth-order valence-corrected chi connectivity index (χ4v) is 4.48. The van der Waals surface area contributed by atoms with Gasteiger partial charge in [-0.3, -0.25) is 0 Å². The van der Waals surface area contributed by atoms with Gasteiger partial charge in [-0.2, -0.15) is 4.98 Å². The second-order valence-corrected chi connectivity index (χ2v) is 8.35. The SMILES string of the molecule is COC(=O)c1ccccc1Nc1cc(C)nc(NC2CCS(=O)(=O)C2)n1. The zero-order valence-corrected chi connectivity index (χ0v) is 15.3. The van der Waals surface area contributed by atoms with Crippen molar-refractivity contribution < 1.29 is 17.9 Å². The van der Waals surface area contributed by atoms with Crippen molar-refractivity contribution in [3.63, 3.8) is 0 Å². The molecule has 1 atom stereocenters. The van der Waals surface area contributed by atoms with Crippen LogP contribution in [0.5, 0.6) is 0 Å². The fourth-order valence-electron chi connectivity index (χ4n) is 2.81. The highest BCUT2D eigenvalue weighted by Gasteiger charge is 2.28. The Bertz CT molecular complexity index is 930. The smallest absolute Gasteiger partial charge is 0.339 e. The summed E-state index contributed by atoms with van der Waals surface area (Å²) < 4.78 is 28.0. The van der Waals surface area contributed by atoms with Crippen LogP contribution in [0.4, 0.5) is 17.5 Å². The molecule has 2 heterocycles. The Hall–Kier alpha value is -2.68. The lowest BCUT2D eigenvalue weighted by Crippen LogP contribution is -2.22.